The summed E-state index contributed by atoms with van der Waals surface area (Å²) in [5.41, 5.74) is 0.765. The summed E-state index contributed by atoms with van der Waals surface area (Å²) in [5.74, 6) is 0.454. The van der Waals surface area contributed by atoms with E-state index in [4.69, 9.17) is 4.74 Å². The highest BCUT2D eigenvalue weighted by Crippen LogP contribution is 2.41. The van der Waals surface area contributed by atoms with Gasteiger partial charge in [0.15, 0.2) is 0 Å². The lowest BCUT2D eigenvalue weighted by atomic mass is 9.83. The van der Waals surface area contributed by atoms with Crippen molar-refractivity contribution in [1.82, 2.24) is 0 Å². The van der Waals surface area contributed by atoms with E-state index in [1.165, 1.54) is 0 Å². The number of esters is 1. The second kappa shape index (κ2) is 4.28. The van der Waals surface area contributed by atoms with Crippen LogP contribution in [0.3, 0.4) is 0 Å². The van der Waals surface area contributed by atoms with Gasteiger partial charge in [-0.25, -0.2) is 0 Å². The van der Waals surface area contributed by atoms with Crippen molar-refractivity contribution in [3.05, 3.63) is 35.9 Å². The van der Waals surface area contributed by atoms with Crippen molar-refractivity contribution < 1.29 is 9.53 Å². The molecule has 1 aromatic rings. The van der Waals surface area contributed by atoms with Crippen molar-refractivity contribution in [2.24, 2.45) is 5.92 Å². The second-order valence-electron chi connectivity index (χ2n) is 4.93. The molecule has 1 saturated heterocycles. The van der Waals surface area contributed by atoms with Crippen molar-refractivity contribution in [3.63, 3.8) is 0 Å². The van der Waals surface area contributed by atoms with Gasteiger partial charge in [-0.2, -0.15) is 0 Å². The molecule has 16 heavy (non-hydrogen) atoms. The lowest BCUT2D eigenvalue weighted by molar-refractivity contribution is -0.150. The zero-order valence-corrected chi connectivity index (χ0v) is 9.90. The van der Waals surface area contributed by atoms with Crippen LogP contribution < -0.4 is 0 Å². The molecule has 0 unspecified atom stereocenters. The molecule has 0 N–H and O–H groups in total. The zero-order valence-electron chi connectivity index (χ0n) is 9.90. The van der Waals surface area contributed by atoms with Gasteiger partial charge in [0.05, 0.1) is 0 Å². The Hall–Kier alpha value is -1.31. The second-order valence-corrected chi connectivity index (χ2v) is 4.93. The van der Waals surface area contributed by atoms with Gasteiger partial charge < -0.3 is 4.74 Å². The molecule has 1 aliphatic rings. The van der Waals surface area contributed by atoms with E-state index in [0.29, 0.717) is 12.3 Å². The van der Waals surface area contributed by atoms with Gasteiger partial charge in [-0.15, -0.1) is 0 Å². The summed E-state index contributed by atoms with van der Waals surface area (Å²) < 4.78 is 5.61. The molecule has 0 amide bonds. The van der Waals surface area contributed by atoms with Gasteiger partial charge in [0.2, 0.25) is 0 Å². The van der Waals surface area contributed by atoms with E-state index in [0.717, 1.165) is 18.4 Å². The lowest BCUT2D eigenvalue weighted by Gasteiger charge is -2.30. The van der Waals surface area contributed by atoms with Gasteiger partial charge in [-0.1, -0.05) is 44.2 Å². The SMILES string of the molecule is CC(C)C[C@]1(c2ccccc2)CCC(=O)O1. The predicted octanol–water partition coefficient (Wildman–Crippen LogP) is 3.27. The Morgan fingerprint density at radius 2 is 2.00 bits per heavy atom. The first-order valence-corrected chi connectivity index (χ1v) is 5.90. The van der Waals surface area contributed by atoms with Crippen LogP contribution in [0.1, 0.15) is 38.7 Å². The van der Waals surface area contributed by atoms with E-state index in [9.17, 15) is 4.79 Å². The molecular weight excluding hydrogens is 200 g/mol. The summed E-state index contributed by atoms with van der Waals surface area (Å²) in [6, 6.07) is 10.1. The molecule has 1 atom stereocenters. The molecule has 0 spiro atoms. The molecule has 2 nitrogen and oxygen atoms in total. The maximum Gasteiger partial charge on any atom is 0.306 e. The van der Waals surface area contributed by atoms with Crippen LogP contribution in [0.4, 0.5) is 0 Å². The van der Waals surface area contributed by atoms with E-state index in [1.807, 2.05) is 18.2 Å². The molecule has 0 aliphatic carbocycles. The van der Waals surface area contributed by atoms with Crippen LogP contribution in [0, 0.1) is 5.92 Å². The molecule has 0 radical (unpaired) electrons. The van der Waals surface area contributed by atoms with Crippen LogP contribution in [0.25, 0.3) is 0 Å². The van der Waals surface area contributed by atoms with Crippen LogP contribution in [0.5, 0.6) is 0 Å². The van der Waals surface area contributed by atoms with Gasteiger partial charge in [0.25, 0.3) is 0 Å². The van der Waals surface area contributed by atoms with Crippen LogP contribution >= 0.6 is 0 Å². The van der Waals surface area contributed by atoms with Crippen molar-refractivity contribution in [1.29, 1.82) is 0 Å². The molecule has 2 rings (SSSR count). The van der Waals surface area contributed by atoms with Crippen LogP contribution in [0.15, 0.2) is 30.3 Å². The predicted molar refractivity (Wildman–Crippen MR) is 62.9 cm³/mol. The van der Waals surface area contributed by atoms with Crippen molar-refractivity contribution in [2.75, 3.05) is 0 Å². The maximum absolute atomic E-state index is 11.4. The Morgan fingerprint density at radius 3 is 2.50 bits per heavy atom. The quantitative estimate of drug-likeness (QED) is 0.728. The van der Waals surface area contributed by atoms with E-state index < -0.39 is 0 Å². The van der Waals surface area contributed by atoms with E-state index in [2.05, 4.69) is 26.0 Å². The highest BCUT2D eigenvalue weighted by Gasteiger charge is 2.42. The average molecular weight is 218 g/mol. The number of cyclic esters (lactones) is 1. The van der Waals surface area contributed by atoms with Crippen LogP contribution in [-0.2, 0) is 15.1 Å². The molecule has 0 bridgehead atoms. The molecule has 1 aliphatic heterocycles. The van der Waals surface area contributed by atoms with Crippen LogP contribution in [-0.4, -0.2) is 5.97 Å². The number of hydrogen-bond acceptors (Lipinski definition) is 2. The molecule has 1 fully saturated rings. The largest absolute Gasteiger partial charge is 0.454 e. The third-order valence-electron chi connectivity index (χ3n) is 3.08. The summed E-state index contributed by atoms with van der Waals surface area (Å²) in [4.78, 5) is 11.4. The number of benzene rings is 1. The first-order chi connectivity index (χ1) is 7.62. The molecule has 2 heteroatoms. The molecule has 0 saturated carbocycles. The van der Waals surface area contributed by atoms with Gasteiger partial charge >= 0.3 is 5.97 Å². The van der Waals surface area contributed by atoms with Crippen molar-refractivity contribution in [2.45, 2.75) is 38.7 Å². The summed E-state index contributed by atoms with van der Waals surface area (Å²) in [7, 11) is 0. The fourth-order valence-corrected chi connectivity index (χ4v) is 2.49. The topological polar surface area (TPSA) is 26.3 Å². The Kier molecular flexibility index (Phi) is 2.99. The van der Waals surface area contributed by atoms with Crippen molar-refractivity contribution >= 4 is 5.97 Å². The highest BCUT2D eigenvalue weighted by atomic mass is 16.6. The number of carbonyl (C=O) groups excluding carboxylic acids is 1. The Balaban J connectivity index is 2.32. The lowest BCUT2D eigenvalue weighted by Crippen LogP contribution is -2.27. The minimum absolute atomic E-state index is 0.0653. The standard InChI is InChI=1S/C14H18O2/c1-11(2)10-14(9-8-13(15)16-14)12-6-4-3-5-7-12/h3-7,11H,8-10H2,1-2H3/t14-/m0/s1. The minimum Gasteiger partial charge on any atom is -0.454 e. The van der Waals surface area contributed by atoms with Gasteiger partial charge in [0.1, 0.15) is 5.60 Å². The minimum atomic E-state index is -0.369. The van der Waals surface area contributed by atoms with E-state index in [-0.39, 0.29) is 11.6 Å². The van der Waals surface area contributed by atoms with Crippen molar-refractivity contribution in [3.8, 4) is 0 Å². The van der Waals surface area contributed by atoms with Crippen LogP contribution in [0.2, 0.25) is 0 Å². The Morgan fingerprint density at radius 1 is 1.31 bits per heavy atom. The Bertz CT molecular complexity index is 370. The average Bonchev–Trinajstić information content (AvgIpc) is 2.62. The molecule has 1 aromatic carbocycles. The monoisotopic (exact) mass is 218 g/mol. The smallest absolute Gasteiger partial charge is 0.306 e. The number of carbonyl (C=O) groups is 1. The van der Waals surface area contributed by atoms with Gasteiger partial charge in [-0.05, 0) is 17.9 Å². The van der Waals surface area contributed by atoms with E-state index in [1.54, 1.807) is 0 Å². The molecule has 0 aromatic heterocycles. The summed E-state index contributed by atoms with van der Waals surface area (Å²) in [6.07, 6.45) is 2.26. The number of ether oxygens (including phenoxy) is 1. The third kappa shape index (κ3) is 2.11. The third-order valence-corrected chi connectivity index (χ3v) is 3.08. The number of hydrogen-bond donors (Lipinski definition) is 0. The summed E-state index contributed by atoms with van der Waals surface area (Å²) in [5, 5.41) is 0. The maximum atomic E-state index is 11.4. The fourth-order valence-electron chi connectivity index (χ4n) is 2.49. The van der Waals surface area contributed by atoms with Gasteiger partial charge in [-0.3, -0.25) is 4.79 Å². The zero-order chi connectivity index (χ0) is 11.6. The van der Waals surface area contributed by atoms with E-state index >= 15 is 0 Å². The summed E-state index contributed by atoms with van der Waals surface area (Å²) >= 11 is 0. The number of rotatable bonds is 3. The first-order valence-electron chi connectivity index (χ1n) is 5.90. The van der Waals surface area contributed by atoms with Gasteiger partial charge in [0, 0.05) is 12.8 Å². The molecular formula is C14H18O2. The normalized spacial score (nSPS) is 24.8. The Labute approximate surface area is 96.6 Å². The first kappa shape index (κ1) is 11.2. The molecule has 1 heterocycles. The highest BCUT2D eigenvalue weighted by molar-refractivity contribution is 5.72. The summed E-state index contributed by atoms with van der Waals surface area (Å²) in [6.45, 7) is 4.33. The molecule has 86 valence electrons. The fraction of sp³-hybridized carbons (Fsp3) is 0.500.